The van der Waals surface area contributed by atoms with Gasteiger partial charge >= 0.3 is 0 Å². The molecular formula is C18H29NO2. The summed E-state index contributed by atoms with van der Waals surface area (Å²) < 4.78 is 5.69. The Morgan fingerprint density at radius 1 is 1.14 bits per heavy atom. The summed E-state index contributed by atoms with van der Waals surface area (Å²) in [5, 5.41) is 2.91. The minimum absolute atomic E-state index is 0.0597. The fraction of sp³-hybridized carbons (Fsp3) is 0.611. The molecule has 0 aliphatic heterocycles. The van der Waals surface area contributed by atoms with Crippen LogP contribution in [0.25, 0.3) is 0 Å². The lowest BCUT2D eigenvalue weighted by molar-refractivity contribution is -0.127. The van der Waals surface area contributed by atoms with E-state index in [1.165, 1.54) is 5.56 Å². The topological polar surface area (TPSA) is 38.3 Å². The zero-order valence-corrected chi connectivity index (χ0v) is 14.2. The molecule has 0 bridgehead atoms. The molecule has 1 atom stereocenters. The van der Waals surface area contributed by atoms with Crippen molar-refractivity contribution >= 4 is 5.91 Å². The van der Waals surface area contributed by atoms with Gasteiger partial charge in [-0.25, -0.2) is 0 Å². The Labute approximate surface area is 129 Å². The standard InChI is InChI=1S/C18H29NO2/c1-13(2)11-12-19-17(20)14(3)21-16-9-7-15(8-10-16)18(4,5)6/h7-10,13-14H,11-12H2,1-6H3,(H,19,20)/t14-/m0/s1. The van der Waals surface area contributed by atoms with Crippen molar-refractivity contribution in [1.82, 2.24) is 5.32 Å². The van der Waals surface area contributed by atoms with Crippen molar-refractivity contribution in [2.24, 2.45) is 5.92 Å². The monoisotopic (exact) mass is 291 g/mol. The number of carbonyl (C=O) groups excluding carboxylic acids is 1. The molecule has 21 heavy (non-hydrogen) atoms. The van der Waals surface area contributed by atoms with Gasteiger partial charge in [0.2, 0.25) is 0 Å². The second kappa shape index (κ2) is 7.48. The minimum Gasteiger partial charge on any atom is -0.481 e. The van der Waals surface area contributed by atoms with E-state index < -0.39 is 6.10 Å². The third kappa shape index (κ3) is 6.19. The summed E-state index contributed by atoms with van der Waals surface area (Å²) in [7, 11) is 0. The van der Waals surface area contributed by atoms with Gasteiger partial charge in [0.1, 0.15) is 5.75 Å². The summed E-state index contributed by atoms with van der Waals surface area (Å²) in [5.74, 6) is 1.26. The number of benzene rings is 1. The van der Waals surface area contributed by atoms with Gasteiger partial charge in [-0.15, -0.1) is 0 Å². The summed E-state index contributed by atoms with van der Waals surface area (Å²) in [4.78, 5) is 11.9. The third-order valence-corrected chi connectivity index (χ3v) is 3.42. The Kier molecular flexibility index (Phi) is 6.25. The first-order valence-electron chi connectivity index (χ1n) is 7.75. The van der Waals surface area contributed by atoms with Crippen LogP contribution in [0.2, 0.25) is 0 Å². The lowest BCUT2D eigenvalue weighted by Crippen LogP contribution is -2.37. The highest BCUT2D eigenvalue weighted by atomic mass is 16.5. The average molecular weight is 291 g/mol. The van der Waals surface area contributed by atoms with Crippen LogP contribution >= 0.6 is 0 Å². The molecule has 3 heteroatoms. The molecule has 1 aromatic carbocycles. The van der Waals surface area contributed by atoms with Crippen LogP contribution in [0.3, 0.4) is 0 Å². The highest BCUT2D eigenvalue weighted by Gasteiger charge is 2.16. The predicted octanol–water partition coefficient (Wildman–Crippen LogP) is 3.91. The van der Waals surface area contributed by atoms with E-state index in [0.29, 0.717) is 12.5 Å². The van der Waals surface area contributed by atoms with E-state index in [1.807, 2.05) is 12.1 Å². The predicted molar refractivity (Wildman–Crippen MR) is 87.7 cm³/mol. The Hall–Kier alpha value is -1.51. The molecular weight excluding hydrogens is 262 g/mol. The van der Waals surface area contributed by atoms with Crippen LogP contribution in [0.4, 0.5) is 0 Å². The van der Waals surface area contributed by atoms with E-state index in [-0.39, 0.29) is 11.3 Å². The first-order valence-corrected chi connectivity index (χ1v) is 7.75. The highest BCUT2D eigenvalue weighted by Crippen LogP contribution is 2.24. The maximum atomic E-state index is 11.9. The summed E-state index contributed by atoms with van der Waals surface area (Å²) in [6.07, 6.45) is 0.510. The summed E-state index contributed by atoms with van der Waals surface area (Å²) in [6, 6.07) is 7.97. The van der Waals surface area contributed by atoms with Gasteiger partial charge in [0, 0.05) is 6.54 Å². The molecule has 1 aromatic rings. The van der Waals surface area contributed by atoms with Crippen molar-refractivity contribution in [1.29, 1.82) is 0 Å². The first kappa shape index (κ1) is 17.5. The lowest BCUT2D eigenvalue weighted by Gasteiger charge is -2.20. The zero-order chi connectivity index (χ0) is 16.0. The number of hydrogen-bond donors (Lipinski definition) is 1. The fourth-order valence-corrected chi connectivity index (χ4v) is 1.92. The van der Waals surface area contributed by atoms with Gasteiger partial charge in [0.15, 0.2) is 6.10 Å². The van der Waals surface area contributed by atoms with E-state index in [2.05, 4.69) is 52.1 Å². The van der Waals surface area contributed by atoms with Crippen LogP contribution in [0.15, 0.2) is 24.3 Å². The van der Waals surface area contributed by atoms with Gasteiger partial charge < -0.3 is 10.1 Å². The molecule has 0 spiro atoms. The number of carbonyl (C=O) groups is 1. The number of amides is 1. The molecule has 0 aromatic heterocycles. The SMILES string of the molecule is CC(C)CCNC(=O)[C@H](C)Oc1ccc(C(C)(C)C)cc1. The van der Waals surface area contributed by atoms with Gasteiger partial charge in [-0.1, -0.05) is 46.8 Å². The Bertz CT molecular complexity index is 443. The van der Waals surface area contributed by atoms with E-state index in [0.717, 1.165) is 12.2 Å². The number of ether oxygens (including phenoxy) is 1. The number of rotatable bonds is 6. The number of nitrogens with one attached hydrogen (secondary N) is 1. The lowest BCUT2D eigenvalue weighted by atomic mass is 9.87. The molecule has 118 valence electrons. The quantitative estimate of drug-likeness (QED) is 0.863. The van der Waals surface area contributed by atoms with E-state index in [4.69, 9.17) is 4.74 Å². The molecule has 0 aliphatic rings. The van der Waals surface area contributed by atoms with E-state index in [9.17, 15) is 4.79 Å². The smallest absolute Gasteiger partial charge is 0.260 e. The van der Waals surface area contributed by atoms with Crippen LogP contribution in [0.5, 0.6) is 5.75 Å². The van der Waals surface area contributed by atoms with Gasteiger partial charge in [-0.2, -0.15) is 0 Å². The molecule has 0 aliphatic carbocycles. The molecule has 1 amide bonds. The molecule has 3 nitrogen and oxygen atoms in total. The average Bonchev–Trinajstić information content (AvgIpc) is 2.37. The summed E-state index contributed by atoms with van der Waals surface area (Å²) in [5.41, 5.74) is 1.38. The molecule has 0 fully saturated rings. The Morgan fingerprint density at radius 3 is 2.19 bits per heavy atom. The second-order valence-corrected chi connectivity index (χ2v) is 7.01. The van der Waals surface area contributed by atoms with E-state index in [1.54, 1.807) is 6.92 Å². The molecule has 0 unspecified atom stereocenters. The number of hydrogen-bond acceptors (Lipinski definition) is 2. The Balaban J connectivity index is 2.50. The fourth-order valence-electron chi connectivity index (χ4n) is 1.92. The summed E-state index contributed by atoms with van der Waals surface area (Å²) in [6.45, 7) is 13.3. The zero-order valence-electron chi connectivity index (χ0n) is 14.2. The van der Waals surface area contributed by atoms with Crippen LogP contribution in [0, 0.1) is 5.92 Å². The van der Waals surface area contributed by atoms with Crippen molar-refractivity contribution in [2.45, 2.75) is 59.5 Å². The van der Waals surface area contributed by atoms with Crippen LogP contribution in [-0.2, 0) is 10.2 Å². The van der Waals surface area contributed by atoms with Gasteiger partial charge in [-0.05, 0) is 42.4 Å². The minimum atomic E-state index is -0.474. The molecule has 0 radical (unpaired) electrons. The molecule has 1 rings (SSSR count). The maximum Gasteiger partial charge on any atom is 0.260 e. The maximum absolute atomic E-state index is 11.9. The molecule has 1 N–H and O–H groups in total. The van der Waals surface area contributed by atoms with Crippen LogP contribution in [-0.4, -0.2) is 18.6 Å². The Morgan fingerprint density at radius 2 is 1.71 bits per heavy atom. The van der Waals surface area contributed by atoms with E-state index >= 15 is 0 Å². The molecule has 0 saturated heterocycles. The third-order valence-electron chi connectivity index (χ3n) is 3.42. The largest absolute Gasteiger partial charge is 0.481 e. The van der Waals surface area contributed by atoms with Crippen LogP contribution < -0.4 is 10.1 Å². The van der Waals surface area contributed by atoms with Gasteiger partial charge in [0.05, 0.1) is 0 Å². The first-order chi connectivity index (χ1) is 9.70. The summed E-state index contributed by atoms with van der Waals surface area (Å²) >= 11 is 0. The van der Waals surface area contributed by atoms with Crippen molar-refractivity contribution in [3.05, 3.63) is 29.8 Å². The van der Waals surface area contributed by atoms with Crippen molar-refractivity contribution < 1.29 is 9.53 Å². The highest BCUT2D eigenvalue weighted by molar-refractivity contribution is 5.80. The van der Waals surface area contributed by atoms with Crippen molar-refractivity contribution in [2.75, 3.05) is 6.54 Å². The molecule has 0 heterocycles. The van der Waals surface area contributed by atoms with Gasteiger partial charge in [-0.3, -0.25) is 4.79 Å². The van der Waals surface area contributed by atoms with Gasteiger partial charge in [0.25, 0.3) is 5.91 Å². The van der Waals surface area contributed by atoms with Crippen LogP contribution in [0.1, 0.15) is 53.5 Å². The van der Waals surface area contributed by atoms with Crippen molar-refractivity contribution in [3.8, 4) is 5.75 Å². The normalized spacial score (nSPS) is 13.1. The van der Waals surface area contributed by atoms with Crippen molar-refractivity contribution in [3.63, 3.8) is 0 Å². The molecule has 0 saturated carbocycles. The second-order valence-electron chi connectivity index (χ2n) is 7.01.